The van der Waals surface area contributed by atoms with Crippen molar-refractivity contribution in [3.8, 4) is 5.69 Å². The molecular formula is C10H10N2O2S. The van der Waals surface area contributed by atoms with E-state index in [-0.39, 0.29) is 0 Å². The zero-order valence-corrected chi connectivity index (χ0v) is 8.98. The number of hydrogen-bond donors (Lipinski definition) is 0. The number of rotatable bonds is 2. The fraction of sp³-hybridized carbons (Fsp3) is 0.100. The second kappa shape index (κ2) is 3.51. The molecule has 1 aromatic heterocycles. The van der Waals surface area contributed by atoms with Crippen molar-refractivity contribution >= 4 is 9.84 Å². The fourth-order valence-electron chi connectivity index (χ4n) is 1.29. The van der Waals surface area contributed by atoms with Crippen LogP contribution in [-0.2, 0) is 9.84 Å². The second-order valence-electron chi connectivity index (χ2n) is 3.24. The molecule has 0 amide bonds. The summed E-state index contributed by atoms with van der Waals surface area (Å²) in [7, 11) is -3.15. The lowest BCUT2D eigenvalue weighted by molar-refractivity contribution is 0.602. The molecule has 0 unspecified atom stereocenters. The van der Waals surface area contributed by atoms with Gasteiger partial charge in [-0.1, -0.05) is 6.07 Å². The Hall–Kier alpha value is -1.62. The Kier molecular flexibility index (Phi) is 2.32. The van der Waals surface area contributed by atoms with Gasteiger partial charge in [0.15, 0.2) is 9.84 Å². The summed E-state index contributed by atoms with van der Waals surface area (Å²) < 4.78 is 24.4. The quantitative estimate of drug-likeness (QED) is 0.769. The molecule has 5 heteroatoms. The Bertz CT molecular complexity index is 559. The van der Waals surface area contributed by atoms with E-state index in [4.69, 9.17) is 0 Å². The van der Waals surface area contributed by atoms with Crippen LogP contribution in [0.3, 0.4) is 0 Å². The number of benzene rings is 1. The summed E-state index contributed by atoms with van der Waals surface area (Å²) in [5, 5.41) is 0. The van der Waals surface area contributed by atoms with Crippen LogP contribution >= 0.6 is 0 Å². The minimum absolute atomic E-state index is 0.314. The van der Waals surface area contributed by atoms with Gasteiger partial charge in [0, 0.05) is 24.3 Å². The van der Waals surface area contributed by atoms with Crippen molar-refractivity contribution in [2.24, 2.45) is 0 Å². The standard InChI is InChI=1S/C10H10N2O2S/c1-15(13,14)10-4-2-3-9(7-10)12-6-5-11-8-12/h2-8H,1H3. The van der Waals surface area contributed by atoms with E-state index in [9.17, 15) is 8.42 Å². The van der Waals surface area contributed by atoms with Gasteiger partial charge in [-0.3, -0.25) is 0 Å². The van der Waals surface area contributed by atoms with Gasteiger partial charge < -0.3 is 4.57 Å². The number of nitrogens with zero attached hydrogens (tertiary/aromatic N) is 2. The lowest BCUT2D eigenvalue weighted by Crippen LogP contribution is -1.98. The van der Waals surface area contributed by atoms with Gasteiger partial charge in [-0.25, -0.2) is 13.4 Å². The van der Waals surface area contributed by atoms with Gasteiger partial charge in [-0.2, -0.15) is 0 Å². The van der Waals surface area contributed by atoms with Gasteiger partial charge >= 0.3 is 0 Å². The van der Waals surface area contributed by atoms with Crippen molar-refractivity contribution in [2.45, 2.75) is 4.90 Å². The van der Waals surface area contributed by atoms with Crippen molar-refractivity contribution in [3.05, 3.63) is 43.0 Å². The van der Waals surface area contributed by atoms with Crippen molar-refractivity contribution < 1.29 is 8.42 Å². The molecule has 0 bridgehead atoms. The van der Waals surface area contributed by atoms with E-state index in [1.165, 1.54) is 6.26 Å². The maximum atomic E-state index is 11.3. The summed E-state index contributed by atoms with van der Waals surface area (Å²) in [5.74, 6) is 0. The Labute approximate surface area is 88.1 Å². The average Bonchev–Trinajstić information content (AvgIpc) is 2.69. The molecule has 1 aromatic carbocycles. The number of sulfone groups is 1. The molecular weight excluding hydrogens is 212 g/mol. The average molecular weight is 222 g/mol. The molecule has 2 rings (SSSR count). The van der Waals surface area contributed by atoms with Crippen LogP contribution in [0.15, 0.2) is 47.9 Å². The molecule has 0 atom stereocenters. The van der Waals surface area contributed by atoms with Crippen LogP contribution in [0.5, 0.6) is 0 Å². The van der Waals surface area contributed by atoms with E-state index in [0.717, 1.165) is 5.69 Å². The molecule has 0 N–H and O–H groups in total. The third-order valence-electron chi connectivity index (χ3n) is 2.05. The van der Waals surface area contributed by atoms with Gasteiger partial charge in [0.1, 0.15) is 0 Å². The van der Waals surface area contributed by atoms with Crippen LogP contribution in [0, 0.1) is 0 Å². The molecule has 0 aliphatic heterocycles. The van der Waals surface area contributed by atoms with Crippen LogP contribution in [0.25, 0.3) is 5.69 Å². The largest absolute Gasteiger partial charge is 0.306 e. The van der Waals surface area contributed by atoms with Crippen molar-refractivity contribution in [2.75, 3.05) is 6.26 Å². The third-order valence-corrected chi connectivity index (χ3v) is 3.16. The highest BCUT2D eigenvalue weighted by atomic mass is 32.2. The monoisotopic (exact) mass is 222 g/mol. The molecule has 0 aliphatic carbocycles. The SMILES string of the molecule is CS(=O)(=O)c1cccc(-n2ccnc2)c1. The summed E-state index contributed by atoms with van der Waals surface area (Å²) in [5.41, 5.74) is 0.787. The summed E-state index contributed by atoms with van der Waals surface area (Å²) in [6.45, 7) is 0. The zero-order valence-electron chi connectivity index (χ0n) is 8.16. The van der Waals surface area contributed by atoms with Crippen molar-refractivity contribution in [1.82, 2.24) is 9.55 Å². The predicted octanol–water partition coefficient (Wildman–Crippen LogP) is 1.28. The highest BCUT2D eigenvalue weighted by molar-refractivity contribution is 7.90. The molecule has 2 aromatic rings. The lowest BCUT2D eigenvalue weighted by atomic mass is 10.3. The lowest BCUT2D eigenvalue weighted by Gasteiger charge is -2.03. The maximum absolute atomic E-state index is 11.3. The Balaban J connectivity index is 2.53. The number of aromatic nitrogens is 2. The molecule has 0 spiro atoms. The van der Waals surface area contributed by atoms with Crippen LogP contribution in [0.4, 0.5) is 0 Å². The van der Waals surface area contributed by atoms with E-state index in [1.54, 1.807) is 41.5 Å². The van der Waals surface area contributed by atoms with Crippen molar-refractivity contribution in [1.29, 1.82) is 0 Å². The van der Waals surface area contributed by atoms with Gasteiger partial charge in [0.2, 0.25) is 0 Å². The smallest absolute Gasteiger partial charge is 0.175 e. The van der Waals surface area contributed by atoms with Crippen LogP contribution < -0.4 is 0 Å². The maximum Gasteiger partial charge on any atom is 0.175 e. The topological polar surface area (TPSA) is 52.0 Å². The molecule has 4 nitrogen and oxygen atoms in total. The highest BCUT2D eigenvalue weighted by Crippen LogP contribution is 2.14. The first-order valence-corrected chi connectivity index (χ1v) is 6.25. The van der Waals surface area contributed by atoms with E-state index in [2.05, 4.69) is 4.98 Å². The number of imidazole rings is 1. The minimum atomic E-state index is -3.15. The first-order chi connectivity index (χ1) is 7.07. The Morgan fingerprint density at radius 2 is 2.13 bits per heavy atom. The van der Waals surface area contributed by atoms with Crippen LogP contribution in [0.1, 0.15) is 0 Å². The first-order valence-electron chi connectivity index (χ1n) is 4.36. The van der Waals surface area contributed by atoms with Gasteiger partial charge in [0.05, 0.1) is 11.2 Å². The van der Waals surface area contributed by atoms with E-state index in [1.807, 2.05) is 6.07 Å². The molecule has 78 valence electrons. The summed E-state index contributed by atoms with van der Waals surface area (Å²) in [4.78, 5) is 4.22. The normalized spacial score (nSPS) is 11.5. The highest BCUT2D eigenvalue weighted by Gasteiger charge is 2.07. The summed E-state index contributed by atoms with van der Waals surface area (Å²) >= 11 is 0. The molecule has 0 aliphatic rings. The number of hydrogen-bond acceptors (Lipinski definition) is 3. The molecule has 0 radical (unpaired) electrons. The zero-order chi connectivity index (χ0) is 10.9. The minimum Gasteiger partial charge on any atom is -0.306 e. The Morgan fingerprint density at radius 3 is 2.73 bits per heavy atom. The molecule has 0 saturated heterocycles. The van der Waals surface area contributed by atoms with Crippen molar-refractivity contribution in [3.63, 3.8) is 0 Å². The van der Waals surface area contributed by atoms with E-state index in [0.29, 0.717) is 4.90 Å². The third kappa shape index (κ3) is 2.07. The Morgan fingerprint density at radius 1 is 1.33 bits per heavy atom. The summed E-state index contributed by atoms with van der Waals surface area (Å²) in [6.07, 6.45) is 6.23. The van der Waals surface area contributed by atoms with E-state index < -0.39 is 9.84 Å². The van der Waals surface area contributed by atoms with Crippen LogP contribution in [-0.4, -0.2) is 24.2 Å². The fourth-order valence-corrected chi connectivity index (χ4v) is 1.95. The molecule has 15 heavy (non-hydrogen) atoms. The second-order valence-corrected chi connectivity index (χ2v) is 5.26. The first kappa shape index (κ1) is 9.92. The van der Waals surface area contributed by atoms with Gasteiger partial charge in [-0.05, 0) is 18.2 Å². The van der Waals surface area contributed by atoms with Gasteiger partial charge in [-0.15, -0.1) is 0 Å². The van der Waals surface area contributed by atoms with E-state index >= 15 is 0 Å². The predicted molar refractivity (Wildman–Crippen MR) is 56.7 cm³/mol. The summed E-state index contributed by atoms with van der Waals surface area (Å²) in [6, 6.07) is 6.74. The van der Waals surface area contributed by atoms with Crippen LogP contribution in [0.2, 0.25) is 0 Å². The molecule has 0 saturated carbocycles. The molecule has 1 heterocycles. The van der Waals surface area contributed by atoms with Gasteiger partial charge in [0.25, 0.3) is 0 Å². The molecule has 0 fully saturated rings.